The summed E-state index contributed by atoms with van der Waals surface area (Å²) < 4.78 is 0. The Morgan fingerprint density at radius 3 is 2.55 bits per heavy atom. The Balaban J connectivity index is 2.06. The van der Waals surface area contributed by atoms with Gasteiger partial charge in [0, 0.05) is 24.0 Å². The van der Waals surface area contributed by atoms with Crippen LogP contribution in [-0.2, 0) is 0 Å². The van der Waals surface area contributed by atoms with Crippen LogP contribution in [0.3, 0.4) is 0 Å². The molecule has 1 N–H and O–H groups in total. The molecule has 0 spiro atoms. The van der Waals surface area contributed by atoms with Gasteiger partial charge >= 0.3 is 0 Å². The molecule has 1 saturated heterocycles. The third-order valence-corrected chi connectivity index (χ3v) is 6.22. The standard InChI is InChI=1S/C16H29N3S/c1-6-16(5)8-10-19(11-9-16)15-18-13(4)14(20-15)12(3)17-7-2/h12,17H,6-11H2,1-5H3. The van der Waals surface area contributed by atoms with Gasteiger partial charge in [0.15, 0.2) is 5.13 Å². The van der Waals surface area contributed by atoms with Crippen LogP contribution in [0.4, 0.5) is 5.13 Å². The van der Waals surface area contributed by atoms with Crippen molar-refractivity contribution in [2.45, 2.75) is 59.9 Å². The van der Waals surface area contributed by atoms with Gasteiger partial charge in [-0.05, 0) is 38.6 Å². The molecule has 0 radical (unpaired) electrons. The Morgan fingerprint density at radius 2 is 2.00 bits per heavy atom. The molecule has 20 heavy (non-hydrogen) atoms. The number of hydrogen-bond acceptors (Lipinski definition) is 4. The van der Waals surface area contributed by atoms with Gasteiger partial charge in [-0.3, -0.25) is 0 Å². The maximum atomic E-state index is 4.82. The minimum atomic E-state index is 0.414. The number of rotatable bonds is 5. The molecule has 0 bridgehead atoms. The van der Waals surface area contributed by atoms with E-state index in [2.05, 4.69) is 44.8 Å². The molecule has 2 rings (SSSR count). The second-order valence-corrected chi connectivity index (χ2v) is 7.39. The first-order valence-electron chi connectivity index (χ1n) is 7.94. The van der Waals surface area contributed by atoms with Crippen molar-refractivity contribution in [3.63, 3.8) is 0 Å². The van der Waals surface area contributed by atoms with E-state index < -0.39 is 0 Å². The highest BCUT2D eigenvalue weighted by Crippen LogP contribution is 2.38. The zero-order valence-electron chi connectivity index (χ0n) is 13.6. The maximum Gasteiger partial charge on any atom is 0.185 e. The molecular weight excluding hydrogens is 266 g/mol. The third kappa shape index (κ3) is 3.34. The van der Waals surface area contributed by atoms with E-state index in [9.17, 15) is 0 Å². The van der Waals surface area contributed by atoms with Crippen LogP contribution in [0.25, 0.3) is 0 Å². The molecule has 1 fully saturated rings. The van der Waals surface area contributed by atoms with E-state index in [4.69, 9.17) is 4.98 Å². The first-order valence-corrected chi connectivity index (χ1v) is 8.76. The van der Waals surface area contributed by atoms with Crippen molar-refractivity contribution in [2.24, 2.45) is 5.41 Å². The molecule has 1 unspecified atom stereocenters. The van der Waals surface area contributed by atoms with Crippen molar-refractivity contribution in [2.75, 3.05) is 24.5 Å². The lowest BCUT2D eigenvalue weighted by molar-refractivity contribution is 0.238. The van der Waals surface area contributed by atoms with Crippen molar-refractivity contribution < 1.29 is 0 Å². The minimum absolute atomic E-state index is 0.414. The van der Waals surface area contributed by atoms with Crippen LogP contribution in [0.5, 0.6) is 0 Å². The van der Waals surface area contributed by atoms with Gasteiger partial charge in [0.2, 0.25) is 0 Å². The predicted octanol–water partition coefficient (Wildman–Crippen LogP) is 4.14. The largest absolute Gasteiger partial charge is 0.348 e. The molecule has 1 aliphatic rings. The fourth-order valence-electron chi connectivity index (χ4n) is 2.92. The van der Waals surface area contributed by atoms with E-state index in [0.717, 1.165) is 19.6 Å². The highest BCUT2D eigenvalue weighted by atomic mass is 32.1. The van der Waals surface area contributed by atoms with Crippen LogP contribution in [0.1, 0.15) is 63.6 Å². The smallest absolute Gasteiger partial charge is 0.185 e. The topological polar surface area (TPSA) is 28.2 Å². The molecule has 114 valence electrons. The van der Waals surface area contributed by atoms with Gasteiger partial charge in [-0.15, -0.1) is 11.3 Å². The summed E-state index contributed by atoms with van der Waals surface area (Å²) in [5.74, 6) is 0. The zero-order valence-corrected chi connectivity index (χ0v) is 14.4. The third-order valence-electron chi connectivity index (χ3n) is 4.82. The van der Waals surface area contributed by atoms with Gasteiger partial charge in [0.1, 0.15) is 0 Å². The molecule has 1 aliphatic heterocycles. The van der Waals surface area contributed by atoms with E-state index in [0.29, 0.717) is 11.5 Å². The van der Waals surface area contributed by atoms with Crippen molar-refractivity contribution >= 4 is 16.5 Å². The Labute approximate surface area is 127 Å². The number of thiazole rings is 1. The summed E-state index contributed by atoms with van der Waals surface area (Å²) in [7, 11) is 0. The number of anilines is 1. The molecule has 0 amide bonds. The number of aromatic nitrogens is 1. The number of nitrogens with zero attached hydrogens (tertiary/aromatic N) is 2. The number of aryl methyl sites for hydroxylation is 1. The summed E-state index contributed by atoms with van der Waals surface area (Å²) in [6.07, 6.45) is 3.88. The maximum absolute atomic E-state index is 4.82. The highest BCUT2D eigenvalue weighted by Gasteiger charge is 2.29. The van der Waals surface area contributed by atoms with Crippen molar-refractivity contribution in [3.05, 3.63) is 10.6 Å². The van der Waals surface area contributed by atoms with Gasteiger partial charge in [-0.2, -0.15) is 0 Å². The normalized spacial score (nSPS) is 20.1. The second kappa shape index (κ2) is 6.44. The Hall–Kier alpha value is -0.610. The molecular formula is C16H29N3S. The fraction of sp³-hybridized carbons (Fsp3) is 0.812. The quantitative estimate of drug-likeness (QED) is 0.885. The molecule has 4 heteroatoms. The van der Waals surface area contributed by atoms with Crippen molar-refractivity contribution in [1.29, 1.82) is 0 Å². The lowest BCUT2D eigenvalue weighted by Crippen LogP contribution is -2.38. The number of hydrogen-bond donors (Lipinski definition) is 1. The molecule has 2 heterocycles. The van der Waals surface area contributed by atoms with Crippen LogP contribution < -0.4 is 10.2 Å². The first kappa shape index (κ1) is 15.8. The van der Waals surface area contributed by atoms with Gasteiger partial charge in [-0.1, -0.05) is 27.2 Å². The SMILES string of the molecule is CCNC(C)c1sc(N2CCC(C)(CC)CC2)nc1C. The average Bonchev–Trinajstić information content (AvgIpc) is 2.82. The van der Waals surface area contributed by atoms with Gasteiger partial charge in [-0.25, -0.2) is 4.98 Å². The van der Waals surface area contributed by atoms with E-state index >= 15 is 0 Å². The summed E-state index contributed by atoms with van der Waals surface area (Å²) in [4.78, 5) is 8.69. The average molecular weight is 295 g/mol. The van der Waals surface area contributed by atoms with E-state index in [-0.39, 0.29) is 0 Å². The predicted molar refractivity (Wildman–Crippen MR) is 88.8 cm³/mol. The Kier molecular flexibility index (Phi) is 5.08. The van der Waals surface area contributed by atoms with Gasteiger partial charge < -0.3 is 10.2 Å². The Bertz CT molecular complexity index is 433. The second-order valence-electron chi connectivity index (χ2n) is 6.38. The summed E-state index contributed by atoms with van der Waals surface area (Å²) in [5, 5.41) is 4.72. The molecule has 1 aromatic heterocycles. The molecule has 3 nitrogen and oxygen atoms in total. The van der Waals surface area contributed by atoms with Gasteiger partial charge in [0.05, 0.1) is 5.69 Å². The molecule has 0 aromatic carbocycles. The summed E-state index contributed by atoms with van der Waals surface area (Å²) in [5.41, 5.74) is 1.74. The van der Waals surface area contributed by atoms with Crippen LogP contribution in [0.15, 0.2) is 0 Å². The van der Waals surface area contributed by atoms with Crippen molar-refractivity contribution in [1.82, 2.24) is 10.3 Å². The number of nitrogens with one attached hydrogen (secondary N) is 1. The van der Waals surface area contributed by atoms with E-state index in [1.54, 1.807) is 0 Å². The van der Waals surface area contributed by atoms with E-state index in [1.807, 2.05) is 11.3 Å². The zero-order chi connectivity index (χ0) is 14.8. The lowest BCUT2D eigenvalue weighted by Gasteiger charge is -2.38. The summed E-state index contributed by atoms with van der Waals surface area (Å²) >= 11 is 1.87. The molecule has 0 aliphatic carbocycles. The first-order chi connectivity index (χ1) is 9.49. The molecule has 1 atom stereocenters. The Morgan fingerprint density at radius 1 is 1.35 bits per heavy atom. The highest BCUT2D eigenvalue weighted by molar-refractivity contribution is 7.15. The summed E-state index contributed by atoms with van der Waals surface area (Å²) in [6, 6.07) is 0.414. The fourth-order valence-corrected chi connectivity index (χ4v) is 4.07. The lowest BCUT2D eigenvalue weighted by atomic mass is 9.78. The van der Waals surface area contributed by atoms with Crippen LogP contribution in [0.2, 0.25) is 0 Å². The molecule has 0 saturated carbocycles. The van der Waals surface area contributed by atoms with Crippen LogP contribution in [-0.4, -0.2) is 24.6 Å². The number of piperidine rings is 1. The molecule has 1 aromatic rings. The monoisotopic (exact) mass is 295 g/mol. The minimum Gasteiger partial charge on any atom is -0.348 e. The van der Waals surface area contributed by atoms with E-state index in [1.165, 1.54) is 35.0 Å². The summed E-state index contributed by atoms with van der Waals surface area (Å²) in [6.45, 7) is 14.6. The van der Waals surface area contributed by atoms with Crippen LogP contribution >= 0.6 is 11.3 Å². The van der Waals surface area contributed by atoms with Crippen molar-refractivity contribution in [3.8, 4) is 0 Å². The van der Waals surface area contributed by atoms with Gasteiger partial charge in [0.25, 0.3) is 0 Å². The van der Waals surface area contributed by atoms with Crippen LogP contribution in [0, 0.1) is 12.3 Å².